The average molecular weight is 406 g/mol. The molecule has 3 aromatic rings. The van der Waals surface area contributed by atoms with Gasteiger partial charge in [-0.1, -0.05) is 13.2 Å². The van der Waals surface area contributed by atoms with Crippen molar-refractivity contribution >= 4 is 11.9 Å². The highest BCUT2D eigenvalue weighted by atomic mass is 19.1. The fraction of sp³-hybridized carbons (Fsp3) is 0.0833. The molecule has 0 fully saturated rings. The van der Waals surface area contributed by atoms with Gasteiger partial charge in [-0.3, -0.25) is 0 Å². The molecule has 0 bridgehead atoms. The van der Waals surface area contributed by atoms with Crippen molar-refractivity contribution in [3.8, 4) is 34.1 Å². The number of ether oxygens (including phenoxy) is 2. The number of benzene rings is 2. The number of rotatable bonds is 6. The minimum atomic E-state index is -0.625. The second-order valence-electron chi connectivity index (χ2n) is 6.67. The molecule has 0 aliphatic rings. The first-order valence-electron chi connectivity index (χ1n) is 9.00. The molecule has 0 spiro atoms. The Bertz CT molecular complexity index is 1140. The third-order valence-electron chi connectivity index (χ3n) is 4.07. The first-order valence-corrected chi connectivity index (χ1v) is 9.00. The van der Waals surface area contributed by atoms with Gasteiger partial charge in [0.05, 0.1) is 5.56 Å². The lowest BCUT2D eigenvalue weighted by molar-refractivity contribution is -0.130. The maximum atomic E-state index is 14.5. The van der Waals surface area contributed by atoms with E-state index in [2.05, 4.69) is 13.2 Å². The Morgan fingerprint density at radius 3 is 1.90 bits per heavy atom. The quantitative estimate of drug-likeness (QED) is 0.298. The Balaban J connectivity index is 1.77. The van der Waals surface area contributed by atoms with E-state index in [1.54, 1.807) is 43.3 Å². The molecule has 0 atom stereocenters. The normalized spacial score (nSPS) is 10.4. The van der Waals surface area contributed by atoms with E-state index in [0.717, 1.165) is 11.6 Å². The molecule has 0 unspecified atom stereocenters. The molecule has 6 heteroatoms. The maximum Gasteiger partial charge on any atom is 0.338 e. The van der Waals surface area contributed by atoms with Gasteiger partial charge in [-0.15, -0.1) is 0 Å². The molecule has 0 saturated carbocycles. The van der Waals surface area contributed by atoms with Crippen molar-refractivity contribution in [2.24, 2.45) is 0 Å². The van der Waals surface area contributed by atoms with Crippen LogP contribution < -0.4 is 9.47 Å². The highest BCUT2D eigenvalue weighted by Gasteiger charge is 2.14. The molecule has 2 aromatic carbocycles. The topological polar surface area (TPSA) is 65.7 Å². The summed E-state index contributed by atoms with van der Waals surface area (Å²) in [5, 5.41) is 0. The lowest BCUT2D eigenvalue weighted by Gasteiger charge is -2.06. The van der Waals surface area contributed by atoms with Gasteiger partial charge in [0, 0.05) is 22.8 Å². The zero-order valence-corrected chi connectivity index (χ0v) is 16.5. The van der Waals surface area contributed by atoms with Crippen molar-refractivity contribution in [1.82, 2.24) is 0 Å². The Kier molecular flexibility index (Phi) is 5.97. The van der Waals surface area contributed by atoms with E-state index in [1.165, 1.54) is 19.1 Å². The van der Waals surface area contributed by atoms with Crippen LogP contribution in [0.15, 0.2) is 83.3 Å². The summed E-state index contributed by atoms with van der Waals surface area (Å²) < 4.78 is 30.5. The Hall–Kier alpha value is -3.93. The van der Waals surface area contributed by atoms with E-state index in [1.807, 2.05) is 0 Å². The van der Waals surface area contributed by atoms with Crippen LogP contribution in [0.25, 0.3) is 22.6 Å². The minimum absolute atomic E-state index is 0.0796. The van der Waals surface area contributed by atoms with E-state index in [0.29, 0.717) is 22.8 Å². The van der Waals surface area contributed by atoms with Crippen LogP contribution in [0, 0.1) is 5.82 Å². The van der Waals surface area contributed by atoms with E-state index in [-0.39, 0.29) is 16.9 Å². The molecule has 0 aliphatic heterocycles. The molecule has 0 saturated heterocycles. The van der Waals surface area contributed by atoms with E-state index in [4.69, 9.17) is 13.9 Å². The molecule has 0 N–H and O–H groups in total. The van der Waals surface area contributed by atoms with Crippen LogP contribution in [0.3, 0.4) is 0 Å². The molecule has 0 radical (unpaired) electrons. The molecule has 1 aromatic heterocycles. The fourth-order valence-corrected chi connectivity index (χ4v) is 2.47. The molecular formula is C24H19FO5. The van der Waals surface area contributed by atoms with Gasteiger partial charge in [-0.2, -0.15) is 0 Å². The summed E-state index contributed by atoms with van der Waals surface area (Å²) in [6.07, 6.45) is 0. The van der Waals surface area contributed by atoms with Crippen LogP contribution in [0.4, 0.5) is 4.39 Å². The number of hydrogen-bond acceptors (Lipinski definition) is 5. The predicted molar refractivity (Wildman–Crippen MR) is 110 cm³/mol. The number of carbonyl (C=O) groups excluding carboxylic acids is 2. The molecular weight excluding hydrogens is 387 g/mol. The molecule has 0 aliphatic carbocycles. The second kappa shape index (κ2) is 8.61. The van der Waals surface area contributed by atoms with Crippen molar-refractivity contribution in [3.63, 3.8) is 0 Å². The minimum Gasteiger partial charge on any atom is -0.456 e. The van der Waals surface area contributed by atoms with Crippen LogP contribution in [-0.2, 0) is 9.59 Å². The highest BCUT2D eigenvalue weighted by molar-refractivity contribution is 5.89. The Labute approximate surface area is 173 Å². The molecule has 3 rings (SSSR count). The van der Waals surface area contributed by atoms with E-state index < -0.39 is 17.8 Å². The Morgan fingerprint density at radius 2 is 1.33 bits per heavy atom. The average Bonchev–Trinajstić information content (AvgIpc) is 3.18. The summed E-state index contributed by atoms with van der Waals surface area (Å²) in [6.45, 7) is 10.1. The van der Waals surface area contributed by atoms with Crippen molar-refractivity contribution < 1.29 is 27.9 Å². The van der Waals surface area contributed by atoms with Crippen molar-refractivity contribution in [3.05, 3.63) is 84.7 Å². The molecule has 30 heavy (non-hydrogen) atoms. The maximum absolute atomic E-state index is 14.5. The number of furan rings is 1. The highest BCUT2D eigenvalue weighted by Crippen LogP contribution is 2.32. The van der Waals surface area contributed by atoms with E-state index in [9.17, 15) is 14.0 Å². The second-order valence-corrected chi connectivity index (χ2v) is 6.67. The smallest absolute Gasteiger partial charge is 0.338 e. The van der Waals surface area contributed by atoms with Gasteiger partial charge in [0.1, 0.15) is 28.8 Å². The van der Waals surface area contributed by atoms with E-state index >= 15 is 0 Å². The van der Waals surface area contributed by atoms with Crippen molar-refractivity contribution in [1.29, 1.82) is 0 Å². The molecule has 1 heterocycles. The zero-order chi connectivity index (χ0) is 21.8. The zero-order valence-electron chi connectivity index (χ0n) is 16.5. The van der Waals surface area contributed by atoms with Crippen LogP contribution in [0.5, 0.6) is 11.5 Å². The molecule has 5 nitrogen and oxygen atoms in total. The van der Waals surface area contributed by atoms with Gasteiger partial charge >= 0.3 is 11.9 Å². The van der Waals surface area contributed by atoms with Crippen molar-refractivity contribution in [2.75, 3.05) is 0 Å². The van der Waals surface area contributed by atoms with Crippen molar-refractivity contribution in [2.45, 2.75) is 13.8 Å². The van der Waals surface area contributed by atoms with Crippen LogP contribution in [-0.4, -0.2) is 11.9 Å². The lowest BCUT2D eigenvalue weighted by Crippen LogP contribution is -2.08. The van der Waals surface area contributed by atoms with Gasteiger partial charge in [-0.05, 0) is 62.4 Å². The summed E-state index contributed by atoms with van der Waals surface area (Å²) in [5.74, 6) is -0.431. The number of hydrogen-bond donors (Lipinski definition) is 0. The van der Waals surface area contributed by atoms with Gasteiger partial charge < -0.3 is 13.9 Å². The summed E-state index contributed by atoms with van der Waals surface area (Å²) >= 11 is 0. The standard InChI is InChI=1S/C24H19FO5/c1-14(2)23(26)28-17-7-5-16(6-8-17)21-11-12-22(30-21)19-10-9-18(13-20(19)25)29-24(27)15(3)4/h5-13H,1,3H2,2,4H3. The fourth-order valence-electron chi connectivity index (χ4n) is 2.47. The van der Waals surface area contributed by atoms with Crippen LogP contribution in [0.1, 0.15) is 13.8 Å². The third-order valence-corrected chi connectivity index (χ3v) is 4.07. The van der Waals surface area contributed by atoms with Crippen LogP contribution >= 0.6 is 0 Å². The number of carbonyl (C=O) groups is 2. The predicted octanol–water partition coefficient (Wildman–Crippen LogP) is 5.72. The monoisotopic (exact) mass is 406 g/mol. The largest absolute Gasteiger partial charge is 0.456 e. The number of esters is 2. The third kappa shape index (κ3) is 4.72. The number of halogens is 1. The Morgan fingerprint density at radius 1 is 0.800 bits per heavy atom. The first kappa shape index (κ1) is 20.8. The first-order chi connectivity index (χ1) is 14.2. The van der Waals surface area contributed by atoms with Gasteiger partial charge in [-0.25, -0.2) is 14.0 Å². The van der Waals surface area contributed by atoms with Gasteiger partial charge in [0.2, 0.25) is 0 Å². The molecule has 152 valence electrons. The van der Waals surface area contributed by atoms with Gasteiger partial charge in [0.15, 0.2) is 0 Å². The summed E-state index contributed by atoms with van der Waals surface area (Å²) in [6, 6.07) is 14.1. The summed E-state index contributed by atoms with van der Waals surface area (Å²) in [7, 11) is 0. The van der Waals surface area contributed by atoms with Crippen LogP contribution in [0.2, 0.25) is 0 Å². The van der Waals surface area contributed by atoms with Gasteiger partial charge in [0.25, 0.3) is 0 Å². The molecule has 0 amide bonds. The summed E-state index contributed by atoms with van der Waals surface area (Å²) in [5.41, 5.74) is 1.47. The lowest BCUT2D eigenvalue weighted by atomic mass is 10.1. The SMILES string of the molecule is C=C(C)C(=O)Oc1ccc(-c2ccc(-c3ccc(OC(=O)C(=C)C)cc3F)o2)cc1. The summed E-state index contributed by atoms with van der Waals surface area (Å²) in [4.78, 5) is 23.1.